The second kappa shape index (κ2) is 6.04. The summed E-state index contributed by atoms with van der Waals surface area (Å²) in [5.41, 5.74) is 2.75. The Morgan fingerprint density at radius 3 is 3.00 bits per heavy atom. The van der Waals surface area contributed by atoms with E-state index in [-0.39, 0.29) is 5.78 Å². The largest absolute Gasteiger partial charge is 0.465 e. The molecule has 1 atom stereocenters. The van der Waals surface area contributed by atoms with E-state index < -0.39 is 12.0 Å². The van der Waals surface area contributed by atoms with Crippen LogP contribution in [0.4, 0.5) is 5.82 Å². The number of ether oxygens (including phenoxy) is 1. The van der Waals surface area contributed by atoms with Crippen molar-refractivity contribution in [2.45, 2.75) is 25.3 Å². The van der Waals surface area contributed by atoms with E-state index in [1.54, 1.807) is 10.7 Å². The molecule has 0 saturated carbocycles. The summed E-state index contributed by atoms with van der Waals surface area (Å²) in [6.45, 7) is 0. The number of ketones is 1. The molecule has 4 rings (SSSR count). The van der Waals surface area contributed by atoms with E-state index in [2.05, 4.69) is 10.4 Å². The van der Waals surface area contributed by atoms with Gasteiger partial charge in [0.15, 0.2) is 5.78 Å². The second-order valence-electron chi connectivity index (χ2n) is 6.09. The monoisotopic (exact) mass is 357 g/mol. The van der Waals surface area contributed by atoms with E-state index in [1.807, 2.05) is 18.2 Å². The van der Waals surface area contributed by atoms with Crippen molar-refractivity contribution in [2.24, 2.45) is 0 Å². The third-order valence-electron chi connectivity index (χ3n) is 4.61. The van der Waals surface area contributed by atoms with Crippen LogP contribution in [0.5, 0.6) is 0 Å². The molecule has 7 heteroatoms. The van der Waals surface area contributed by atoms with Gasteiger partial charge in [-0.2, -0.15) is 5.10 Å². The van der Waals surface area contributed by atoms with Gasteiger partial charge in [0, 0.05) is 22.7 Å². The summed E-state index contributed by atoms with van der Waals surface area (Å²) in [4.78, 5) is 24.7. The van der Waals surface area contributed by atoms with Crippen LogP contribution in [-0.4, -0.2) is 28.6 Å². The van der Waals surface area contributed by atoms with Crippen LogP contribution in [0.25, 0.3) is 0 Å². The summed E-state index contributed by atoms with van der Waals surface area (Å²) >= 11 is 6.16. The number of carbonyl (C=O) groups excluding carboxylic acids is 2. The molecule has 0 saturated heterocycles. The van der Waals surface area contributed by atoms with Crippen LogP contribution in [0.15, 0.2) is 41.7 Å². The SMILES string of the molecule is COC(=O)c1cnn2c1NC1=C(C(=O)CCC1)C2c1cccc(Cl)c1. The lowest BCUT2D eigenvalue weighted by molar-refractivity contribution is -0.116. The molecular formula is C18H16ClN3O3. The van der Waals surface area contributed by atoms with Gasteiger partial charge < -0.3 is 10.1 Å². The Hall–Kier alpha value is -2.60. The van der Waals surface area contributed by atoms with Gasteiger partial charge in [-0.25, -0.2) is 9.48 Å². The fourth-order valence-corrected chi connectivity index (χ4v) is 3.70. The fourth-order valence-electron chi connectivity index (χ4n) is 3.50. The standard InChI is InChI=1S/C18H16ClN3O3/c1-25-18(24)12-9-20-22-16(10-4-2-5-11(19)8-10)15-13(21-17(12)22)6-3-7-14(15)23/h2,4-5,8-9,16,21H,3,6-7H2,1H3. The van der Waals surface area contributed by atoms with Crippen LogP contribution in [0, 0.1) is 0 Å². The van der Waals surface area contributed by atoms with Crippen molar-refractivity contribution in [3.8, 4) is 0 Å². The molecule has 2 aliphatic rings. The lowest BCUT2D eigenvalue weighted by Crippen LogP contribution is -2.31. The number of hydrogen-bond donors (Lipinski definition) is 1. The first-order valence-corrected chi connectivity index (χ1v) is 8.42. The van der Waals surface area contributed by atoms with Gasteiger partial charge in [0.05, 0.1) is 13.3 Å². The minimum absolute atomic E-state index is 0.0968. The van der Waals surface area contributed by atoms with Crippen molar-refractivity contribution in [1.29, 1.82) is 0 Å². The number of anilines is 1. The van der Waals surface area contributed by atoms with Crippen LogP contribution in [0.3, 0.4) is 0 Å². The van der Waals surface area contributed by atoms with Gasteiger partial charge in [-0.3, -0.25) is 4.79 Å². The Morgan fingerprint density at radius 1 is 1.40 bits per heavy atom. The highest BCUT2D eigenvalue weighted by Gasteiger charge is 2.37. The van der Waals surface area contributed by atoms with Crippen LogP contribution >= 0.6 is 11.6 Å². The Bertz CT molecular complexity index is 916. The summed E-state index contributed by atoms with van der Waals surface area (Å²) in [7, 11) is 1.33. The van der Waals surface area contributed by atoms with Gasteiger partial charge in [0.1, 0.15) is 17.4 Å². The van der Waals surface area contributed by atoms with E-state index in [1.165, 1.54) is 13.3 Å². The highest BCUT2D eigenvalue weighted by molar-refractivity contribution is 6.30. The third kappa shape index (κ3) is 2.53. The van der Waals surface area contributed by atoms with Crippen LogP contribution < -0.4 is 5.32 Å². The number of hydrogen-bond acceptors (Lipinski definition) is 5. The lowest BCUT2D eigenvalue weighted by atomic mass is 9.85. The number of nitrogens with zero attached hydrogens (tertiary/aromatic N) is 2. The smallest absolute Gasteiger partial charge is 0.343 e. The normalized spacial score (nSPS) is 19.1. The van der Waals surface area contributed by atoms with E-state index in [0.29, 0.717) is 28.4 Å². The number of nitrogens with one attached hydrogen (secondary N) is 1. The van der Waals surface area contributed by atoms with Crippen LogP contribution in [0.2, 0.25) is 5.02 Å². The molecule has 1 aliphatic carbocycles. The molecule has 6 nitrogen and oxygen atoms in total. The van der Waals surface area contributed by atoms with Gasteiger partial charge in [0.25, 0.3) is 0 Å². The number of carbonyl (C=O) groups is 2. The first-order valence-electron chi connectivity index (χ1n) is 8.04. The van der Waals surface area contributed by atoms with Crippen molar-refractivity contribution < 1.29 is 14.3 Å². The molecule has 0 spiro atoms. The number of fused-ring (bicyclic) bond motifs is 1. The first-order chi connectivity index (χ1) is 12.1. The zero-order valence-electron chi connectivity index (χ0n) is 13.6. The number of benzene rings is 1. The molecule has 25 heavy (non-hydrogen) atoms. The maximum Gasteiger partial charge on any atom is 0.343 e. The highest BCUT2D eigenvalue weighted by atomic mass is 35.5. The number of esters is 1. The Kier molecular flexibility index (Phi) is 3.84. The fraction of sp³-hybridized carbons (Fsp3) is 0.278. The molecule has 2 aromatic rings. The van der Waals surface area contributed by atoms with Gasteiger partial charge in [-0.05, 0) is 30.5 Å². The maximum absolute atomic E-state index is 12.6. The Labute approximate surface area is 149 Å². The van der Waals surface area contributed by atoms with Crippen molar-refractivity contribution in [3.63, 3.8) is 0 Å². The van der Waals surface area contributed by atoms with Crippen LogP contribution in [0.1, 0.15) is 41.2 Å². The summed E-state index contributed by atoms with van der Waals surface area (Å²) in [6.07, 6.45) is 3.52. The minimum Gasteiger partial charge on any atom is -0.465 e. The van der Waals surface area contributed by atoms with Gasteiger partial charge in [-0.15, -0.1) is 0 Å². The molecule has 1 N–H and O–H groups in total. The minimum atomic E-state index is -0.468. The third-order valence-corrected chi connectivity index (χ3v) is 4.84. The number of aromatic nitrogens is 2. The molecule has 1 aromatic carbocycles. The highest BCUT2D eigenvalue weighted by Crippen LogP contribution is 2.41. The maximum atomic E-state index is 12.6. The summed E-state index contributed by atoms with van der Waals surface area (Å²) in [5.74, 6) is 0.176. The van der Waals surface area contributed by atoms with Crippen LogP contribution in [-0.2, 0) is 9.53 Å². The molecule has 0 fully saturated rings. The topological polar surface area (TPSA) is 73.2 Å². The predicted molar refractivity (Wildman–Crippen MR) is 92.7 cm³/mol. The zero-order valence-corrected chi connectivity index (χ0v) is 14.3. The van der Waals surface area contributed by atoms with Crippen molar-refractivity contribution in [3.05, 3.63) is 57.9 Å². The molecule has 2 heterocycles. The number of allylic oxidation sites excluding steroid dienone is 2. The lowest BCUT2D eigenvalue weighted by Gasteiger charge is -2.33. The molecule has 0 bridgehead atoms. The summed E-state index contributed by atoms with van der Waals surface area (Å²) < 4.78 is 6.51. The average molecular weight is 358 g/mol. The van der Waals surface area contributed by atoms with Crippen molar-refractivity contribution in [1.82, 2.24) is 9.78 Å². The molecule has 0 radical (unpaired) electrons. The number of rotatable bonds is 2. The van der Waals surface area contributed by atoms with E-state index in [0.717, 1.165) is 24.1 Å². The number of halogens is 1. The van der Waals surface area contributed by atoms with Gasteiger partial charge >= 0.3 is 5.97 Å². The molecule has 1 unspecified atom stereocenters. The van der Waals surface area contributed by atoms with Gasteiger partial charge in [-0.1, -0.05) is 23.7 Å². The molecule has 1 aliphatic heterocycles. The Morgan fingerprint density at radius 2 is 2.24 bits per heavy atom. The zero-order chi connectivity index (χ0) is 17.6. The number of methoxy groups -OCH3 is 1. The van der Waals surface area contributed by atoms with E-state index in [4.69, 9.17) is 16.3 Å². The molecular weight excluding hydrogens is 342 g/mol. The molecule has 128 valence electrons. The predicted octanol–water partition coefficient (Wildman–Crippen LogP) is 3.35. The van der Waals surface area contributed by atoms with Crippen molar-refractivity contribution in [2.75, 3.05) is 12.4 Å². The average Bonchev–Trinajstić information content (AvgIpc) is 3.03. The molecule has 0 amide bonds. The van der Waals surface area contributed by atoms with Gasteiger partial charge in [0.2, 0.25) is 0 Å². The Balaban J connectivity index is 1.93. The van der Waals surface area contributed by atoms with Crippen molar-refractivity contribution >= 4 is 29.2 Å². The quantitative estimate of drug-likeness (QED) is 0.834. The second-order valence-corrected chi connectivity index (χ2v) is 6.53. The summed E-state index contributed by atoms with van der Waals surface area (Å²) in [5, 5.41) is 8.18. The van der Waals surface area contributed by atoms with E-state index in [9.17, 15) is 9.59 Å². The molecule has 1 aromatic heterocycles. The van der Waals surface area contributed by atoms with E-state index >= 15 is 0 Å². The number of Topliss-reactive ketones (excluding diaryl/α,β-unsaturated/α-hetero) is 1. The summed E-state index contributed by atoms with van der Waals surface area (Å²) in [6, 6.07) is 6.97. The first kappa shape index (κ1) is 15.9.